The van der Waals surface area contributed by atoms with Crippen LogP contribution in [-0.2, 0) is 0 Å². The van der Waals surface area contributed by atoms with Crippen molar-refractivity contribution >= 4 is 5.65 Å². The SMILES string of the molecule is COc1ccc(-c2nnc3ccc(-n4nc(C)cc4C)nn23)cc1. The van der Waals surface area contributed by atoms with Crippen molar-refractivity contribution in [1.82, 2.24) is 29.6 Å². The molecule has 4 aromatic rings. The Morgan fingerprint density at radius 1 is 0.917 bits per heavy atom. The lowest BCUT2D eigenvalue weighted by molar-refractivity contribution is 0.415. The van der Waals surface area contributed by atoms with E-state index in [1.165, 1.54) is 0 Å². The van der Waals surface area contributed by atoms with Gasteiger partial charge in [0.1, 0.15) is 5.75 Å². The first-order valence-electron chi connectivity index (χ1n) is 7.56. The zero-order valence-electron chi connectivity index (χ0n) is 13.6. The predicted octanol–water partition coefficient (Wildman–Crippen LogP) is 2.60. The molecule has 7 heteroatoms. The molecule has 0 atom stereocenters. The van der Waals surface area contributed by atoms with Gasteiger partial charge in [-0.2, -0.15) is 9.61 Å². The van der Waals surface area contributed by atoms with Gasteiger partial charge >= 0.3 is 0 Å². The number of benzene rings is 1. The first kappa shape index (κ1) is 14.4. The molecule has 0 fully saturated rings. The van der Waals surface area contributed by atoms with Gasteiger partial charge in [-0.1, -0.05) is 0 Å². The largest absolute Gasteiger partial charge is 0.497 e. The van der Waals surface area contributed by atoms with Crippen molar-refractivity contribution in [3.8, 4) is 23.0 Å². The van der Waals surface area contributed by atoms with Crippen LogP contribution in [0.15, 0.2) is 42.5 Å². The zero-order valence-corrected chi connectivity index (χ0v) is 13.6. The van der Waals surface area contributed by atoms with Gasteiger partial charge in [-0.15, -0.1) is 15.3 Å². The Kier molecular flexibility index (Phi) is 3.26. The number of hydrogen-bond acceptors (Lipinski definition) is 5. The molecule has 120 valence electrons. The molecule has 0 saturated carbocycles. The van der Waals surface area contributed by atoms with Gasteiger partial charge in [0.05, 0.1) is 12.8 Å². The van der Waals surface area contributed by atoms with Gasteiger partial charge in [0, 0.05) is 11.3 Å². The summed E-state index contributed by atoms with van der Waals surface area (Å²) >= 11 is 0. The molecular weight excluding hydrogens is 304 g/mol. The Hall–Kier alpha value is -3.22. The quantitative estimate of drug-likeness (QED) is 0.580. The normalized spacial score (nSPS) is 11.1. The number of fused-ring (bicyclic) bond motifs is 1. The van der Waals surface area contributed by atoms with E-state index in [1.807, 2.05) is 61.0 Å². The third kappa shape index (κ3) is 2.30. The molecule has 0 unspecified atom stereocenters. The summed E-state index contributed by atoms with van der Waals surface area (Å²) in [5.41, 5.74) is 3.58. The first-order valence-corrected chi connectivity index (χ1v) is 7.56. The van der Waals surface area contributed by atoms with E-state index >= 15 is 0 Å². The van der Waals surface area contributed by atoms with E-state index < -0.39 is 0 Å². The van der Waals surface area contributed by atoms with Gasteiger partial charge in [-0.25, -0.2) is 4.68 Å². The number of nitrogens with zero attached hydrogens (tertiary/aromatic N) is 6. The highest BCUT2D eigenvalue weighted by Crippen LogP contribution is 2.21. The smallest absolute Gasteiger partial charge is 0.185 e. The average Bonchev–Trinajstić information content (AvgIpc) is 3.17. The molecule has 24 heavy (non-hydrogen) atoms. The Labute approximate surface area is 138 Å². The fraction of sp³-hybridized carbons (Fsp3) is 0.176. The standard InChI is InChI=1S/C17H16N6O/c1-11-10-12(2)22(20-11)16-9-8-15-18-19-17(23(15)21-16)13-4-6-14(24-3)7-5-13/h4-10H,1-3H3. The summed E-state index contributed by atoms with van der Waals surface area (Å²) in [6, 6.07) is 13.4. The molecule has 1 aromatic carbocycles. The average molecular weight is 320 g/mol. The van der Waals surface area contributed by atoms with Gasteiger partial charge in [-0.05, 0) is 56.3 Å². The molecule has 3 aromatic heterocycles. The van der Waals surface area contributed by atoms with Gasteiger partial charge in [0.2, 0.25) is 0 Å². The van der Waals surface area contributed by atoms with Crippen molar-refractivity contribution in [2.45, 2.75) is 13.8 Å². The summed E-state index contributed by atoms with van der Waals surface area (Å²) in [5.74, 6) is 2.20. The molecule has 0 N–H and O–H groups in total. The van der Waals surface area contributed by atoms with Crippen molar-refractivity contribution in [2.75, 3.05) is 7.11 Å². The van der Waals surface area contributed by atoms with Crippen LogP contribution in [0.4, 0.5) is 0 Å². The third-order valence-corrected chi connectivity index (χ3v) is 3.82. The number of ether oxygens (including phenoxy) is 1. The fourth-order valence-electron chi connectivity index (χ4n) is 2.67. The second-order valence-electron chi connectivity index (χ2n) is 5.55. The van der Waals surface area contributed by atoms with E-state index in [0.29, 0.717) is 11.5 Å². The van der Waals surface area contributed by atoms with Gasteiger partial charge in [0.15, 0.2) is 17.3 Å². The molecule has 3 heterocycles. The number of methoxy groups -OCH3 is 1. The zero-order chi connectivity index (χ0) is 16.7. The molecule has 0 bridgehead atoms. The van der Waals surface area contributed by atoms with E-state index in [9.17, 15) is 0 Å². The topological polar surface area (TPSA) is 70.1 Å². The van der Waals surface area contributed by atoms with Crippen LogP contribution in [0, 0.1) is 13.8 Å². The lowest BCUT2D eigenvalue weighted by atomic mass is 10.2. The van der Waals surface area contributed by atoms with E-state index in [-0.39, 0.29) is 0 Å². The minimum absolute atomic E-state index is 0.677. The Bertz CT molecular complexity index is 1020. The van der Waals surface area contributed by atoms with Crippen molar-refractivity contribution in [3.63, 3.8) is 0 Å². The van der Waals surface area contributed by atoms with Crippen LogP contribution in [-0.4, -0.2) is 36.7 Å². The van der Waals surface area contributed by atoms with Crippen molar-refractivity contribution in [3.05, 3.63) is 53.9 Å². The molecule has 0 radical (unpaired) electrons. The second kappa shape index (κ2) is 5.45. The number of hydrogen-bond donors (Lipinski definition) is 0. The van der Waals surface area contributed by atoms with Crippen LogP contribution >= 0.6 is 0 Å². The number of aromatic nitrogens is 6. The molecule has 4 rings (SSSR count). The minimum Gasteiger partial charge on any atom is -0.497 e. The molecule has 0 amide bonds. The predicted molar refractivity (Wildman–Crippen MR) is 89.4 cm³/mol. The lowest BCUT2D eigenvalue weighted by Crippen LogP contribution is -2.06. The highest BCUT2D eigenvalue weighted by molar-refractivity contribution is 5.60. The van der Waals surface area contributed by atoms with Gasteiger partial charge in [-0.3, -0.25) is 0 Å². The Balaban J connectivity index is 1.85. The molecule has 0 aliphatic rings. The van der Waals surface area contributed by atoms with Crippen molar-refractivity contribution in [2.24, 2.45) is 0 Å². The highest BCUT2D eigenvalue weighted by Gasteiger charge is 2.12. The summed E-state index contributed by atoms with van der Waals surface area (Å²) in [7, 11) is 1.64. The molecular formula is C17H16N6O. The summed E-state index contributed by atoms with van der Waals surface area (Å²) in [5, 5.41) is 17.6. The first-order chi connectivity index (χ1) is 11.7. The van der Waals surface area contributed by atoms with Crippen LogP contribution in [0.5, 0.6) is 5.75 Å². The number of rotatable bonds is 3. The van der Waals surface area contributed by atoms with Gasteiger partial charge < -0.3 is 4.74 Å². The maximum Gasteiger partial charge on any atom is 0.185 e. The van der Waals surface area contributed by atoms with Crippen LogP contribution in [0.25, 0.3) is 22.9 Å². The van der Waals surface area contributed by atoms with Crippen LogP contribution in [0.2, 0.25) is 0 Å². The van der Waals surface area contributed by atoms with Gasteiger partial charge in [0.25, 0.3) is 0 Å². The van der Waals surface area contributed by atoms with Crippen molar-refractivity contribution in [1.29, 1.82) is 0 Å². The highest BCUT2D eigenvalue weighted by atomic mass is 16.5. The number of aryl methyl sites for hydroxylation is 2. The lowest BCUT2D eigenvalue weighted by Gasteiger charge is -2.05. The monoisotopic (exact) mass is 320 g/mol. The molecule has 0 saturated heterocycles. The second-order valence-corrected chi connectivity index (χ2v) is 5.55. The maximum atomic E-state index is 5.20. The maximum absolute atomic E-state index is 5.20. The molecule has 7 nitrogen and oxygen atoms in total. The van der Waals surface area contributed by atoms with Crippen molar-refractivity contribution < 1.29 is 4.74 Å². The molecule has 0 aliphatic carbocycles. The van der Waals surface area contributed by atoms with E-state index in [0.717, 1.165) is 28.5 Å². The Morgan fingerprint density at radius 2 is 1.71 bits per heavy atom. The molecule has 0 spiro atoms. The summed E-state index contributed by atoms with van der Waals surface area (Å²) in [4.78, 5) is 0. The van der Waals surface area contributed by atoms with E-state index in [2.05, 4.69) is 20.4 Å². The van der Waals surface area contributed by atoms with Crippen LogP contribution in [0.3, 0.4) is 0 Å². The summed E-state index contributed by atoms with van der Waals surface area (Å²) < 4.78 is 8.74. The van der Waals surface area contributed by atoms with E-state index in [1.54, 1.807) is 11.6 Å². The van der Waals surface area contributed by atoms with E-state index in [4.69, 9.17) is 4.74 Å². The fourth-order valence-corrected chi connectivity index (χ4v) is 2.67. The molecule has 0 aliphatic heterocycles. The van der Waals surface area contributed by atoms with Crippen LogP contribution < -0.4 is 4.74 Å². The summed E-state index contributed by atoms with van der Waals surface area (Å²) in [6.07, 6.45) is 0. The minimum atomic E-state index is 0.677. The third-order valence-electron chi connectivity index (χ3n) is 3.82. The van der Waals surface area contributed by atoms with Crippen LogP contribution in [0.1, 0.15) is 11.4 Å². The Morgan fingerprint density at radius 3 is 2.38 bits per heavy atom. The summed E-state index contributed by atoms with van der Waals surface area (Å²) in [6.45, 7) is 3.96.